The van der Waals surface area contributed by atoms with E-state index in [-0.39, 0.29) is 0 Å². The van der Waals surface area contributed by atoms with Crippen LogP contribution in [0.5, 0.6) is 0 Å². The maximum Gasteiger partial charge on any atom is 0.411 e. The van der Waals surface area contributed by atoms with Crippen molar-refractivity contribution in [1.82, 2.24) is 0 Å². The summed E-state index contributed by atoms with van der Waals surface area (Å²) in [7, 11) is 0. The number of benzene rings is 1. The first-order valence-corrected chi connectivity index (χ1v) is 8.17. The third-order valence-electron chi connectivity index (χ3n) is 4.64. The van der Waals surface area contributed by atoms with Gasteiger partial charge in [-0.1, -0.05) is 5.92 Å². The van der Waals surface area contributed by atoms with Gasteiger partial charge in [0.1, 0.15) is 0 Å². The molecule has 1 N–H and O–H groups in total. The van der Waals surface area contributed by atoms with Crippen molar-refractivity contribution in [3.05, 3.63) is 29.8 Å². The number of nitrogens with zero attached hydrogens (tertiary/aromatic N) is 1. The topological polar surface area (TPSA) is 62.1 Å². The molecule has 0 spiro atoms. The van der Waals surface area contributed by atoms with Gasteiger partial charge in [0.05, 0.1) is 6.61 Å². The van der Waals surface area contributed by atoms with E-state index in [1.165, 1.54) is 0 Å². The molecule has 0 aliphatic heterocycles. The normalized spacial score (nSPS) is 23.5. The van der Waals surface area contributed by atoms with Gasteiger partial charge in [-0.15, -0.1) is 11.8 Å². The van der Waals surface area contributed by atoms with Crippen molar-refractivity contribution >= 4 is 11.8 Å². The van der Waals surface area contributed by atoms with Crippen molar-refractivity contribution in [1.29, 1.82) is 5.26 Å². The predicted octanol–water partition coefficient (Wildman–Crippen LogP) is 3.55. The van der Waals surface area contributed by atoms with Gasteiger partial charge in [-0.3, -0.25) is 5.32 Å². The summed E-state index contributed by atoms with van der Waals surface area (Å²) in [6.45, 7) is 0.479. The number of amides is 1. The number of carbonyl (C=O) groups excluding carboxylic acids is 1. The monoisotopic (exact) mass is 318 g/mol. The molecule has 0 saturated heterocycles. The average molecular weight is 318 g/mol. The third-order valence-corrected chi connectivity index (χ3v) is 4.64. The molecule has 4 nitrogen and oxygen atoms in total. The Bertz CT molecular complexity index is 750. The zero-order valence-electron chi connectivity index (χ0n) is 13.3. The van der Waals surface area contributed by atoms with Crippen LogP contribution in [-0.4, -0.2) is 12.7 Å². The molecule has 3 rings (SSSR count). The van der Waals surface area contributed by atoms with Crippen molar-refractivity contribution in [2.45, 2.75) is 25.7 Å². The first-order valence-electron chi connectivity index (χ1n) is 8.17. The second kappa shape index (κ2) is 7.58. The summed E-state index contributed by atoms with van der Waals surface area (Å²) in [4.78, 5) is 11.9. The number of rotatable bonds is 3. The molecule has 1 fully saturated rings. The number of fused-ring (bicyclic) bond motifs is 1. The Morgan fingerprint density at radius 2 is 1.88 bits per heavy atom. The van der Waals surface area contributed by atoms with Crippen molar-refractivity contribution in [2.24, 2.45) is 17.8 Å². The number of ether oxygens (including phenoxy) is 1. The van der Waals surface area contributed by atoms with Crippen LogP contribution in [0.25, 0.3) is 0 Å². The molecule has 24 heavy (non-hydrogen) atoms. The van der Waals surface area contributed by atoms with Crippen LogP contribution in [0, 0.1) is 52.8 Å². The molecule has 1 aromatic carbocycles. The van der Waals surface area contributed by atoms with Gasteiger partial charge in [-0.05, 0) is 54.9 Å². The fourth-order valence-corrected chi connectivity index (χ4v) is 3.35. The summed E-state index contributed by atoms with van der Waals surface area (Å²) in [5, 5.41) is 11.1. The van der Waals surface area contributed by atoms with Crippen molar-refractivity contribution in [2.75, 3.05) is 11.9 Å². The maximum absolute atomic E-state index is 11.9. The van der Waals surface area contributed by atoms with E-state index < -0.39 is 6.09 Å². The molecular formula is C20H18N2O2. The molecule has 2 aliphatic rings. The molecule has 2 aliphatic carbocycles. The van der Waals surface area contributed by atoms with E-state index in [1.807, 2.05) is 0 Å². The lowest BCUT2D eigenvalue weighted by atomic mass is 10.1. The number of carbonyl (C=O) groups is 1. The van der Waals surface area contributed by atoms with Gasteiger partial charge in [0.25, 0.3) is 0 Å². The highest BCUT2D eigenvalue weighted by molar-refractivity contribution is 5.84. The molecule has 0 heterocycles. The van der Waals surface area contributed by atoms with E-state index in [0.29, 0.717) is 30.0 Å². The van der Waals surface area contributed by atoms with E-state index in [2.05, 4.69) is 29.0 Å². The van der Waals surface area contributed by atoms with Crippen molar-refractivity contribution < 1.29 is 9.53 Å². The van der Waals surface area contributed by atoms with E-state index in [4.69, 9.17) is 10.00 Å². The van der Waals surface area contributed by atoms with Crippen LogP contribution < -0.4 is 5.32 Å². The van der Waals surface area contributed by atoms with Gasteiger partial charge in [0, 0.05) is 30.0 Å². The smallest absolute Gasteiger partial charge is 0.411 e. The van der Waals surface area contributed by atoms with Crippen LogP contribution in [0.3, 0.4) is 0 Å². The van der Waals surface area contributed by atoms with Gasteiger partial charge >= 0.3 is 6.09 Å². The number of anilines is 1. The summed E-state index contributed by atoms with van der Waals surface area (Å²) < 4.78 is 5.38. The van der Waals surface area contributed by atoms with E-state index in [9.17, 15) is 4.79 Å². The van der Waals surface area contributed by atoms with Crippen molar-refractivity contribution in [3.8, 4) is 29.8 Å². The Hall–Kier alpha value is -2.90. The summed E-state index contributed by atoms with van der Waals surface area (Å²) in [6.07, 6.45) is 3.74. The molecule has 120 valence electrons. The van der Waals surface area contributed by atoms with Crippen LogP contribution >= 0.6 is 0 Å². The SMILES string of the molecule is N#CC#Cc1ccc(NC(=O)OCC2[C@@H]3CCC#CCC[C@@H]23)cc1. The average Bonchev–Trinajstić information content (AvgIpc) is 3.22. The second-order valence-electron chi connectivity index (χ2n) is 6.09. The Kier molecular flexibility index (Phi) is 5.05. The van der Waals surface area contributed by atoms with E-state index in [1.54, 1.807) is 30.3 Å². The van der Waals surface area contributed by atoms with Crippen LogP contribution in [0.1, 0.15) is 31.2 Å². The van der Waals surface area contributed by atoms with Crippen LogP contribution in [0.2, 0.25) is 0 Å². The predicted molar refractivity (Wildman–Crippen MR) is 90.6 cm³/mol. The minimum absolute atomic E-state index is 0.429. The standard InChI is InChI=1S/C20H18N2O2/c21-13-5-6-15-9-11-16(12-10-15)22-20(23)24-14-19-17-7-3-1-2-4-8-18(17)19/h9-12,17-19H,3-4,7-8,14H2,(H,22,23)/t17-,18-/m1/s1. The molecule has 0 aromatic heterocycles. The Balaban J connectivity index is 1.44. The fraction of sp³-hybridized carbons (Fsp3) is 0.400. The lowest BCUT2D eigenvalue weighted by molar-refractivity contribution is 0.152. The quantitative estimate of drug-likeness (QED) is 0.867. The number of hydrogen-bond acceptors (Lipinski definition) is 3. The summed E-state index contributed by atoms with van der Waals surface area (Å²) in [5.41, 5.74) is 1.38. The van der Waals surface area contributed by atoms with Crippen LogP contribution in [0.4, 0.5) is 10.5 Å². The molecule has 2 atom stereocenters. The summed E-state index contributed by atoms with van der Waals surface area (Å²) in [6, 6.07) is 8.75. The van der Waals surface area contributed by atoms with Crippen LogP contribution in [-0.2, 0) is 4.74 Å². The van der Waals surface area contributed by atoms with E-state index in [0.717, 1.165) is 31.2 Å². The summed E-state index contributed by atoms with van der Waals surface area (Å²) >= 11 is 0. The fourth-order valence-electron chi connectivity index (χ4n) is 3.35. The largest absolute Gasteiger partial charge is 0.449 e. The van der Waals surface area contributed by atoms with Crippen LogP contribution in [0.15, 0.2) is 24.3 Å². The molecule has 1 aromatic rings. The van der Waals surface area contributed by atoms with Gasteiger partial charge in [-0.2, -0.15) is 5.26 Å². The zero-order chi connectivity index (χ0) is 16.8. The highest BCUT2D eigenvalue weighted by atomic mass is 16.5. The summed E-state index contributed by atoms with van der Waals surface area (Å²) in [5.74, 6) is 13.2. The Morgan fingerprint density at radius 1 is 1.21 bits per heavy atom. The molecule has 0 radical (unpaired) electrons. The van der Waals surface area contributed by atoms with Gasteiger partial charge < -0.3 is 4.74 Å². The molecular weight excluding hydrogens is 300 g/mol. The maximum atomic E-state index is 11.9. The molecule has 1 amide bonds. The van der Waals surface area contributed by atoms with Gasteiger partial charge in [0.15, 0.2) is 6.07 Å². The highest BCUT2D eigenvalue weighted by Gasteiger charge is 2.49. The number of nitriles is 1. The lowest BCUT2D eigenvalue weighted by Crippen LogP contribution is -2.15. The molecule has 0 unspecified atom stereocenters. The molecule has 4 heteroatoms. The lowest BCUT2D eigenvalue weighted by Gasteiger charge is -2.07. The zero-order valence-corrected chi connectivity index (χ0v) is 13.3. The van der Waals surface area contributed by atoms with Gasteiger partial charge in [-0.25, -0.2) is 4.79 Å². The molecule has 0 bridgehead atoms. The van der Waals surface area contributed by atoms with Crippen molar-refractivity contribution in [3.63, 3.8) is 0 Å². The minimum atomic E-state index is -0.429. The third kappa shape index (κ3) is 4.09. The highest BCUT2D eigenvalue weighted by Crippen LogP contribution is 2.52. The van der Waals surface area contributed by atoms with Gasteiger partial charge in [0.2, 0.25) is 0 Å². The number of hydrogen-bond donors (Lipinski definition) is 1. The first kappa shape index (κ1) is 16.0. The number of nitrogens with one attached hydrogen (secondary N) is 1. The van der Waals surface area contributed by atoms with E-state index >= 15 is 0 Å². The Morgan fingerprint density at radius 3 is 2.50 bits per heavy atom. The second-order valence-corrected chi connectivity index (χ2v) is 6.09. The Labute approximate surface area is 142 Å². The molecule has 1 saturated carbocycles. The first-order chi connectivity index (χ1) is 11.8. The minimum Gasteiger partial charge on any atom is -0.449 e.